The highest BCUT2D eigenvalue weighted by molar-refractivity contribution is 6.40. The number of hydrogen-bond acceptors (Lipinski definition) is 6. The van der Waals surface area contributed by atoms with Crippen LogP contribution in [-0.2, 0) is 9.59 Å². The molecule has 0 saturated carbocycles. The lowest BCUT2D eigenvalue weighted by Crippen LogP contribution is -2.37. The minimum atomic E-state index is -5.08. The number of carboxylic acid groups (broad SMARTS) is 1. The van der Waals surface area contributed by atoms with E-state index in [1.54, 1.807) is 31.2 Å². The molecule has 1 fully saturated rings. The number of nitrogens with one attached hydrogen (secondary N) is 4. The molecule has 0 unspecified atom stereocenters. The molecular weight excluding hydrogens is 616 g/mol. The first kappa shape index (κ1) is 32.9. The van der Waals surface area contributed by atoms with E-state index in [9.17, 15) is 27.6 Å². The smallest absolute Gasteiger partial charge is 0.475 e. The molecule has 16 heteroatoms. The van der Waals surface area contributed by atoms with Crippen LogP contribution >= 0.6 is 23.2 Å². The first-order valence-electron chi connectivity index (χ1n) is 12.5. The van der Waals surface area contributed by atoms with E-state index in [4.69, 9.17) is 33.1 Å². The van der Waals surface area contributed by atoms with E-state index < -0.39 is 18.1 Å². The van der Waals surface area contributed by atoms with Crippen LogP contribution in [0.1, 0.15) is 34.2 Å². The van der Waals surface area contributed by atoms with Crippen LogP contribution in [0.25, 0.3) is 0 Å². The number of carboxylic acids is 1. The van der Waals surface area contributed by atoms with Crippen molar-refractivity contribution in [2.24, 2.45) is 0 Å². The molecule has 1 aliphatic rings. The monoisotopic (exact) mass is 640 g/mol. The molecule has 1 atom stereocenters. The van der Waals surface area contributed by atoms with Gasteiger partial charge in [-0.25, -0.2) is 4.79 Å². The number of carbonyl (C=O) groups is 4. The Hall–Kier alpha value is -4.56. The van der Waals surface area contributed by atoms with Crippen molar-refractivity contribution >= 4 is 64.0 Å². The summed E-state index contributed by atoms with van der Waals surface area (Å²) < 4.78 is 31.7. The van der Waals surface area contributed by atoms with Crippen molar-refractivity contribution in [1.82, 2.24) is 15.5 Å². The number of H-pyrrole nitrogens is 1. The highest BCUT2D eigenvalue weighted by Gasteiger charge is 2.38. The van der Waals surface area contributed by atoms with Crippen molar-refractivity contribution in [2.45, 2.75) is 25.6 Å². The van der Waals surface area contributed by atoms with Gasteiger partial charge in [-0.15, -0.1) is 0 Å². The van der Waals surface area contributed by atoms with Crippen LogP contribution in [0.5, 0.6) is 0 Å². The van der Waals surface area contributed by atoms with E-state index in [1.165, 1.54) is 12.3 Å². The van der Waals surface area contributed by atoms with Gasteiger partial charge in [0, 0.05) is 30.5 Å². The molecule has 3 amide bonds. The van der Waals surface area contributed by atoms with Crippen LogP contribution in [0, 0.1) is 0 Å². The average Bonchev–Trinajstić information content (AvgIpc) is 3.59. The first-order valence-corrected chi connectivity index (χ1v) is 13.2. The Morgan fingerprint density at radius 3 is 2.26 bits per heavy atom. The molecule has 1 aliphatic heterocycles. The fraction of sp³-hybridized carbons (Fsp3) is 0.222. The Labute approximate surface area is 253 Å². The Kier molecular flexibility index (Phi) is 11.2. The minimum Gasteiger partial charge on any atom is -0.475 e. The summed E-state index contributed by atoms with van der Waals surface area (Å²) in [6.45, 7) is 3.15. The number of halogens is 5. The summed E-state index contributed by atoms with van der Waals surface area (Å²) in [4.78, 5) is 48.4. The SMILES string of the molecule is C/C=C/C(=O)Nc1ccc(N2CC[C@@H](NC(=O)c3[nH]ncc3NC(=O)c3c(Cl)cccc3Cl)C2)cc1.O=C(O)C(F)(F)F. The number of carbonyl (C=O) groups excluding carboxylic acids is 3. The van der Waals surface area contributed by atoms with Crippen molar-refractivity contribution in [3.63, 3.8) is 0 Å². The van der Waals surface area contributed by atoms with Gasteiger partial charge < -0.3 is 26.0 Å². The van der Waals surface area contributed by atoms with Gasteiger partial charge >= 0.3 is 12.1 Å². The van der Waals surface area contributed by atoms with Gasteiger partial charge in [-0.2, -0.15) is 18.3 Å². The molecule has 0 bridgehead atoms. The highest BCUT2D eigenvalue weighted by Crippen LogP contribution is 2.26. The summed E-state index contributed by atoms with van der Waals surface area (Å²) in [5, 5.41) is 22.5. The zero-order chi connectivity index (χ0) is 31.7. The normalized spacial score (nSPS) is 14.6. The Balaban J connectivity index is 0.000000646. The maximum Gasteiger partial charge on any atom is 0.490 e. The maximum atomic E-state index is 12.9. The third-order valence-electron chi connectivity index (χ3n) is 5.89. The van der Waals surface area contributed by atoms with Gasteiger partial charge in [-0.05, 0) is 55.8 Å². The maximum absolute atomic E-state index is 12.9. The van der Waals surface area contributed by atoms with E-state index in [-0.39, 0.29) is 44.8 Å². The fourth-order valence-electron chi connectivity index (χ4n) is 3.91. The quantitative estimate of drug-likeness (QED) is 0.224. The molecule has 4 rings (SSSR count). The number of aromatic amines is 1. The largest absolute Gasteiger partial charge is 0.490 e. The summed E-state index contributed by atoms with van der Waals surface area (Å²) in [6.07, 6.45) is 0.160. The molecule has 2 heterocycles. The van der Waals surface area contributed by atoms with Crippen molar-refractivity contribution in [3.8, 4) is 0 Å². The molecule has 1 aromatic heterocycles. The van der Waals surface area contributed by atoms with E-state index >= 15 is 0 Å². The van der Waals surface area contributed by atoms with E-state index in [1.807, 2.05) is 24.3 Å². The van der Waals surface area contributed by atoms with Crippen molar-refractivity contribution in [3.05, 3.63) is 82.1 Å². The van der Waals surface area contributed by atoms with Crippen LogP contribution in [0.2, 0.25) is 10.0 Å². The van der Waals surface area contributed by atoms with Gasteiger partial charge in [0.05, 0.1) is 27.5 Å². The Morgan fingerprint density at radius 1 is 1.05 bits per heavy atom. The number of amides is 3. The van der Waals surface area contributed by atoms with Crippen LogP contribution in [-0.4, -0.2) is 64.3 Å². The summed E-state index contributed by atoms with van der Waals surface area (Å²) in [7, 11) is 0. The third-order valence-corrected chi connectivity index (χ3v) is 6.52. The molecule has 0 spiro atoms. The zero-order valence-corrected chi connectivity index (χ0v) is 23.8. The molecule has 43 heavy (non-hydrogen) atoms. The predicted molar refractivity (Wildman–Crippen MR) is 155 cm³/mol. The molecule has 5 N–H and O–H groups in total. The number of alkyl halides is 3. The van der Waals surface area contributed by atoms with E-state index in [0.717, 1.165) is 18.7 Å². The van der Waals surface area contributed by atoms with Crippen LogP contribution in [0.4, 0.5) is 30.2 Å². The second-order valence-electron chi connectivity index (χ2n) is 8.95. The van der Waals surface area contributed by atoms with Crippen LogP contribution < -0.4 is 20.9 Å². The summed E-state index contributed by atoms with van der Waals surface area (Å²) in [5.41, 5.74) is 2.16. The summed E-state index contributed by atoms with van der Waals surface area (Å²) in [5.74, 6) is -3.87. The molecule has 228 valence electrons. The second-order valence-corrected chi connectivity index (χ2v) is 9.77. The van der Waals surface area contributed by atoms with Gasteiger partial charge in [0.1, 0.15) is 5.69 Å². The number of allylic oxidation sites excluding steroid dienone is 1. The number of rotatable bonds is 7. The van der Waals surface area contributed by atoms with Crippen molar-refractivity contribution in [1.29, 1.82) is 0 Å². The number of benzene rings is 2. The van der Waals surface area contributed by atoms with Gasteiger partial charge in [-0.3, -0.25) is 19.5 Å². The minimum absolute atomic E-state index is 0.101. The summed E-state index contributed by atoms with van der Waals surface area (Å²) >= 11 is 12.2. The zero-order valence-electron chi connectivity index (χ0n) is 22.3. The number of hydrogen-bond donors (Lipinski definition) is 5. The molecule has 2 aromatic carbocycles. The third kappa shape index (κ3) is 9.21. The second kappa shape index (κ2) is 14.6. The average molecular weight is 641 g/mol. The lowest BCUT2D eigenvalue weighted by molar-refractivity contribution is -0.192. The fourth-order valence-corrected chi connectivity index (χ4v) is 4.48. The lowest BCUT2D eigenvalue weighted by Gasteiger charge is -2.19. The van der Waals surface area contributed by atoms with Crippen LogP contribution in [0.15, 0.2) is 60.8 Å². The molecular formula is C27H25Cl2F3N6O5. The topological polar surface area (TPSA) is 157 Å². The first-order chi connectivity index (χ1) is 20.3. The lowest BCUT2D eigenvalue weighted by atomic mass is 10.2. The van der Waals surface area contributed by atoms with Crippen molar-refractivity contribution < 1.29 is 37.5 Å². The van der Waals surface area contributed by atoms with Gasteiger partial charge in [0.25, 0.3) is 11.8 Å². The highest BCUT2D eigenvalue weighted by atomic mass is 35.5. The number of anilines is 3. The van der Waals surface area contributed by atoms with Gasteiger partial charge in [0.15, 0.2) is 0 Å². The summed E-state index contributed by atoms with van der Waals surface area (Å²) in [6, 6.07) is 12.2. The molecule has 0 radical (unpaired) electrons. The van der Waals surface area contributed by atoms with Crippen LogP contribution in [0.3, 0.4) is 0 Å². The number of aromatic nitrogens is 2. The van der Waals surface area contributed by atoms with E-state index in [2.05, 4.69) is 31.0 Å². The number of nitrogens with zero attached hydrogens (tertiary/aromatic N) is 2. The molecule has 3 aromatic rings. The van der Waals surface area contributed by atoms with Gasteiger partial charge in [0.2, 0.25) is 5.91 Å². The van der Waals surface area contributed by atoms with E-state index in [0.29, 0.717) is 12.2 Å². The Bertz CT molecular complexity index is 1490. The van der Waals surface area contributed by atoms with Gasteiger partial charge in [-0.1, -0.05) is 35.3 Å². The predicted octanol–water partition coefficient (Wildman–Crippen LogP) is 5.13. The standard InChI is InChI=1S/C25H24Cl2N6O3.C2HF3O2/c1-2-4-21(34)29-15-7-9-17(10-8-15)33-12-11-16(14-33)30-25(36)23-20(13-28-32-23)31-24(35)22-18(26)5-3-6-19(22)27;3-2(4,5)1(6)7/h2-10,13,16H,11-12,14H2,1H3,(H,28,32)(H,29,34)(H,30,36)(H,31,35);(H,6,7)/b4-2+;/t16-;/m1./s1. The number of aliphatic carboxylic acids is 1. The molecule has 0 aliphatic carbocycles. The molecule has 1 saturated heterocycles. The molecule has 11 nitrogen and oxygen atoms in total. The van der Waals surface area contributed by atoms with Crippen molar-refractivity contribution in [2.75, 3.05) is 28.6 Å². The Morgan fingerprint density at radius 2 is 1.67 bits per heavy atom.